The molecule has 0 aliphatic rings. The van der Waals surface area contributed by atoms with E-state index in [9.17, 15) is 13.2 Å². The van der Waals surface area contributed by atoms with E-state index >= 15 is 0 Å². The topological polar surface area (TPSA) is 92.5 Å². The molecule has 3 rings (SSSR count). The maximum absolute atomic E-state index is 12.5. The van der Waals surface area contributed by atoms with Gasteiger partial charge in [-0.25, -0.2) is 8.42 Å². The van der Waals surface area contributed by atoms with Crippen LogP contribution in [0.2, 0.25) is 5.02 Å². The first-order chi connectivity index (χ1) is 14.3. The van der Waals surface area contributed by atoms with Crippen LogP contribution in [0.3, 0.4) is 0 Å². The maximum atomic E-state index is 12.5. The smallest absolute Gasteiger partial charge is 0.243 e. The van der Waals surface area contributed by atoms with Gasteiger partial charge < -0.3 is 9.84 Å². The number of Topliss-reactive ketones (excluding diaryl/α,β-unsaturated/α-hetero) is 1. The zero-order chi connectivity index (χ0) is 21.7. The number of rotatable bonds is 9. The highest BCUT2D eigenvalue weighted by Crippen LogP contribution is 2.23. The van der Waals surface area contributed by atoms with Gasteiger partial charge in [0.2, 0.25) is 15.9 Å². The first-order valence-electron chi connectivity index (χ1n) is 9.45. The average molecular weight is 448 g/mol. The van der Waals surface area contributed by atoms with Gasteiger partial charge in [-0.2, -0.15) is 4.31 Å². The third kappa shape index (κ3) is 4.89. The molecule has 0 saturated carbocycles. The van der Waals surface area contributed by atoms with Gasteiger partial charge in [-0.3, -0.25) is 4.79 Å². The number of nitrogens with one attached hydrogen (secondary N) is 1. The Morgan fingerprint density at radius 1 is 1.07 bits per heavy atom. The standard InChI is InChI=1S/C21H22ClN3O4S/c1-3-25(4-2)30(27,28)18-11-7-16(8-12-18)20(26)14-23-21-13-19(24-29-21)15-5-9-17(22)10-6-15/h5-13,23H,3-4,14H2,1-2H3. The van der Waals surface area contributed by atoms with Gasteiger partial charge in [-0.05, 0) is 36.4 Å². The second-order valence-electron chi connectivity index (χ2n) is 6.47. The van der Waals surface area contributed by atoms with Crippen molar-refractivity contribution >= 4 is 33.3 Å². The van der Waals surface area contributed by atoms with Crippen molar-refractivity contribution in [3.05, 3.63) is 65.2 Å². The Balaban J connectivity index is 1.64. The number of benzene rings is 2. The highest BCUT2D eigenvalue weighted by molar-refractivity contribution is 7.89. The summed E-state index contributed by atoms with van der Waals surface area (Å²) in [6, 6.07) is 14.8. The summed E-state index contributed by atoms with van der Waals surface area (Å²) in [5.41, 5.74) is 1.86. The molecule has 0 saturated heterocycles. The lowest BCUT2D eigenvalue weighted by molar-refractivity contribution is 0.100. The summed E-state index contributed by atoms with van der Waals surface area (Å²) in [5, 5.41) is 7.50. The second kappa shape index (κ2) is 9.42. The molecule has 1 aromatic heterocycles. The Kier molecular flexibility index (Phi) is 6.91. The summed E-state index contributed by atoms with van der Waals surface area (Å²) < 4.78 is 31.6. The van der Waals surface area contributed by atoms with E-state index in [0.29, 0.717) is 35.3 Å². The number of halogens is 1. The normalized spacial score (nSPS) is 11.6. The van der Waals surface area contributed by atoms with E-state index in [1.807, 2.05) is 12.1 Å². The van der Waals surface area contributed by atoms with E-state index in [0.717, 1.165) is 5.56 Å². The lowest BCUT2D eigenvalue weighted by Gasteiger charge is -2.18. The summed E-state index contributed by atoms with van der Waals surface area (Å²) >= 11 is 5.88. The third-order valence-corrected chi connectivity index (χ3v) is 6.91. The Labute approximate surface area is 180 Å². The Morgan fingerprint density at radius 2 is 1.70 bits per heavy atom. The van der Waals surface area contributed by atoms with E-state index in [-0.39, 0.29) is 17.2 Å². The van der Waals surface area contributed by atoms with Crippen LogP contribution in [-0.2, 0) is 10.0 Å². The van der Waals surface area contributed by atoms with Crippen molar-refractivity contribution in [2.24, 2.45) is 0 Å². The molecule has 0 fully saturated rings. The number of sulfonamides is 1. The number of nitrogens with zero attached hydrogens (tertiary/aromatic N) is 2. The number of anilines is 1. The predicted octanol–water partition coefficient (Wildman–Crippen LogP) is 4.32. The van der Waals surface area contributed by atoms with Crippen molar-refractivity contribution < 1.29 is 17.7 Å². The fourth-order valence-corrected chi connectivity index (χ4v) is 4.49. The predicted molar refractivity (Wildman–Crippen MR) is 116 cm³/mol. The molecule has 7 nitrogen and oxygen atoms in total. The van der Waals surface area contributed by atoms with Crippen molar-refractivity contribution in [1.82, 2.24) is 9.46 Å². The van der Waals surface area contributed by atoms with Gasteiger partial charge in [-0.1, -0.05) is 42.7 Å². The highest BCUT2D eigenvalue weighted by Gasteiger charge is 2.21. The van der Waals surface area contributed by atoms with E-state index in [4.69, 9.17) is 16.1 Å². The molecule has 0 atom stereocenters. The molecule has 0 bridgehead atoms. The minimum Gasteiger partial charge on any atom is -0.347 e. The zero-order valence-corrected chi connectivity index (χ0v) is 18.2. The quantitative estimate of drug-likeness (QED) is 0.491. The molecule has 0 radical (unpaired) electrons. The van der Waals surface area contributed by atoms with E-state index < -0.39 is 10.0 Å². The fraction of sp³-hybridized carbons (Fsp3) is 0.238. The molecule has 158 valence electrons. The summed E-state index contributed by atoms with van der Waals surface area (Å²) in [7, 11) is -3.55. The molecule has 1 N–H and O–H groups in total. The number of carbonyl (C=O) groups is 1. The molecule has 0 unspecified atom stereocenters. The van der Waals surface area contributed by atoms with Gasteiger partial charge in [0.15, 0.2) is 5.78 Å². The number of hydrogen-bond acceptors (Lipinski definition) is 6. The van der Waals surface area contributed by atoms with Crippen LogP contribution in [0, 0.1) is 0 Å². The third-order valence-electron chi connectivity index (χ3n) is 4.59. The van der Waals surface area contributed by atoms with Crippen LogP contribution in [-0.4, -0.2) is 43.3 Å². The fourth-order valence-electron chi connectivity index (χ4n) is 2.91. The van der Waals surface area contributed by atoms with Crippen LogP contribution in [0.5, 0.6) is 0 Å². The molecule has 0 aliphatic heterocycles. The number of hydrogen-bond donors (Lipinski definition) is 1. The van der Waals surface area contributed by atoms with Crippen molar-refractivity contribution in [2.45, 2.75) is 18.7 Å². The first-order valence-corrected chi connectivity index (χ1v) is 11.3. The summed E-state index contributed by atoms with van der Waals surface area (Å²) in [4.78, 5) is 12.6. The van der Waals surface area contributed by atoms with Crippen LogP contribution < -0.4 is 5.32 Å². The summed E-state index contributed by atoms with van der Waals surface area (Å²) in [6.07, 6.45) is 0. The monoisotopic (exact) mass is 447 g/mol. The summed E-state index contributed by atoms with van der Waals surface area (Å²) in [5.74, 6) is 0.153. The molecule has 30 heavy (non-hydrogen) atoms. The lowest BCUT2D eigenvalue weighted by atomic mass is 10.1. The highest BCUT2D eigenvalue weighted by atomic mass is 35.5. The minimum atomic E-state index is -3.55. The second-order valence-corrected chi connectivity index (χ2v) is 8.85. The van der Waals surface area contributed by atoms with Crippen molar-refractivity contribution in [2.75, 3.05) is 25.0 Å². The Bertz CT molecular complexity index is 1110. The first kappa shape index (κ1) is 22.0. The number of carbonyl (C=O) groups excluding carboxylic acids is 1. The van der Waals surface area contributed by atoms with E-state index in [1.54, 1.807) is 32.0 Å². The Morgan fingerprint density at radius 3 is 2.30 bits per heavy atom. The Hall–Kier alpha value is -2.68. The van der Waals surface area contributed by atoms with Crippen LogP contribution in [0.25, 0.3) is 11.3 Å². The van der Waals surface area contributed by atoms with Gasteiger partial charge in [0, 0.05) is 35.3 Å². The van der Waals surface area contributed by atoms with Crippen LogP contribution in [0.1, 0.15) is 24.2 Å². The molecule has 0 amide bonds. The molecule has 2 aromatic carbocycles. The molecule has 0 aliphatic carbocycles. The molecule has 0 spiro atoms. The van der Waals surface area contributed by atoms with Crippen LogP contribution in [0.4, 0.5) is 5.88 Å². The van der Waals surface area contributed by atoms with Gasteiger partial charge in [-0.15, -0.1) is 0 Å². The minimum absolute atomic E-state index is 0.0165. The average Bonchev–Trinajstić information content (AvgIpc) is 3.22. The molecule has 1 heterocycles. The van der Waals surface area contributed by atoms with Crippen molar-refractivity contribution in [3.63, 3.8) is 0 Å². The van der Waals surface area contributed by atoms with E-state index in [2.05, 4.69) is 10.5 Å². The molecular formula is C21H22ClN3O4S. The van der Waals surface area contributed by atoms with E-state index in [1.165, 1.54) is 28.6 Å². The van der Waals surface area contributed by atoms with Crippen LogP contribution >= 0.6 is 11.6 Å². The molecule has 3 aromatic rings. The number of aromatic nitrogens is 1. The van der Waals surface area contributed by atoms with Crippen LogP contribution in [0.15, 0.2) is 64.0 Å². The lowest BCUT2D eigenvalue weighted by Crippen LogP contribution is -2.30. The number of ketones is 1. The summed E-state index contributed by atoms with van der Waals surface area (Å²) in [6.45, 7) is 4.33. The van der Waals surface area contributed by atoms with Gasteiger partial charge in [0.1, 0.15) is 5.69 Å². The SMILES string of the molecule is CCN(CC)S(=O)(=O)c1ccc(C(=O)CNc2cc(-c3ccc(Cl)cc3)no2)cc1. The molecule has 9 heteroatoms. The largest absolute Gasteiger partial charge is 0.347 e. The van der Waals surface area contributed by atoms with Crippen molar-refractivity contribution in [1.29, 1.82) is 0 Å². The van der Waals surface area contributed by atoms with Gasteiger partial charge in [0.05, 0.1) is 11.4 Å². The zero-order valence-electron chi connectivity index (χ0n) is 16.6. The maximum Gasteiger partial charge on any atom is 0.243 e. The van der Waals surface area contributed by atoms with Crippen molar-refractivity contribution in [3.8, 4) is 11.3 Å². The van der Waals surface area contributed by atoms with Gasteiger partial charge >= 0.3 is 0 Å². The molecular weight excluding hydrogens is 426 g/mol. The van der Waals surface area contributed by atoms with Gasteiger partial charge in [0.25, 0.3) is 0 Å².